The van der Waals surface area contributed by atoms with Crippen molar-refractivity contribution < 1.29 is 4.42 Å². The van der Waals surface area contributed by atoms with Crippen molar-refractivity contribution >= 4 is 87.6 Å². The molecule has 0 N–H and O–H groups in total. The number of hydrogen-bond acceptors (Lipinski definition) is 4. The quantitative estimate of drug-likeness (QED) is 0.154. The Bertz CT molecular complexity index is 3190. The Hall–Kier alpha value is -7.40. The number of rotatable bonds is 8. The molecule has 2 heterocycles. The summed E-state index contributed by atoms with van der Waals surface area (Å²) >= 11 is 1.84. The summed E-state index contributed by atoms with van der Waals surface area (Å²) in [5.74, 6) is 0. The van der Waals surface area contributed by atoms with Crippen molar-refractivity contribution in [2.24, 2.45) is 0 Å². The molecule has 0 amide bonds. The summed E-state index contributed by atoms with van der Waals surface area (Å²) in [7, 11) is 0. The number of para-hydroxylation sites is 2. The molecule has 0 aliphatic carbocycles. The largest absolute Gasteiger partial charge is 0.456 e. The molecule has 0 radical (unpaired) electrons. The van der Waals surface area contributed by atoms with Crippen molar-refractivity contribution in [3.63, 3.8) is 0 Å². The molecule has 0 saturated heterocycles. The summed E-state index contributed by atoms with van der Waals surface area (Å²) in [5.41, 5.74) is 12.7. The fraction of sp³-hybridized carbons (Fsp3) is 0. The van der Waals surface area contributed by atoms with Gasteiger partial charge in [-0.3, -0.25) is 0 Å². The molecule has 11 aromatic rings. The highest BCUT2D eigenvalue weighted by atomic mass is 32.1. The molecule has 3 nitrogen and oxygen atoms in total. The lowest BCUT2D eigenvalue weighted by atomic mass is 9.97. The van der Waals surface area contributed by atoms with Crippen LogP contribution in [0.4, 0.5) is 34.1 Å². The lowest BCUT2D eigenvalue weighted by Crippen LogP contribution is -2.10. The van der Waals surface area contributed by atoms with Gasteiger partial charge in [-0.25, -0.2) is 0 Å². The zero-order valence-corrected chi connectivity index (χ0v) is 32.3. The smallest absolute Gasteiger partial charge is 0.138 e. The molecule has 0 fully saturated rings. The Morgan fingerprint density at radius 3 is 1.57 bits per heavy atom. The summed E-state index contributed by atoms with van der Waals surface area (Å²) in [6.07, 6.45) is 0. The first-order valence-corrected chi connectivity index (χ1v) is 20.4. The molecule has 0 saturated carbocycles. The van der Waals surface area contributed by atoms with Crippen molar-refractivity contribution in [3.05, 3.63) is 218 Å². The summed E-state index contributed by atoms with van der Waals surface area (Å²) in [6, 6.07) is 78.0. The second-order valence-corrected chi connectivity index (χ2v) is 15.6. The van der Waals surface area contributed by atoms with Gasteiger partial charge in [0, 0.05) is 65.4 Å². The molecule has 0 spiro atoms. The molecule has 4 heteroatoms. The lowest BCUT2D eigenvalue weighted by molar-refractivity contribution is 0.669. The van der Waals surface area contributed by atoms with Gasteiger partial charge in [-0.05, 0) is 107 Å². The maximum absolute atomic E-state index is 6.89. The molecule has 0 aliphatic heterocycles. The first-order valence-electron chi connectivity index (χ1n) is 19.6. The minimum atomic E-state index is 0.834. The van der Waals surface area contributed by atoms with Gasteiger partial charge in [0.25, 0.3) is 0 Å². The van der Waals surface area contributed by atoms with Crippen LogP contribution in [0.2, 0.25) is 0 Å². The Labute approximate surface area is 340 Å². The summed E-state index contributed by atoms with van der Waals surface area (Å²) in [5, 5.41) is 4.68. The lowest BCUT2D eigenvalue weighted by Gasteiger charge is -2.27. The number of nitrogens with zero attached hydrogens (tertiary/aromatic N) is 2. The van der Waals surface area contributed by atoms with Gasteiger partial charge in [-0.15, -0.1) is 11.3 Å². The number of hydrogen-bond donors (Lipinski definition) is 0. The molecule has 11 rings (SSSR count). The topological polar surface area (TPSA) is 19.6 Å². The fourth-order valence-corrected chi connectivity index (χ4v) is 9.44. The van der Waals surface area contributed by atoms with E-state index < -0.39 is 0 Å². The maximum atomic E-state index is 6.89. The van der Waals surface area contributed by atoms with E-state index >= 15 is 0 Å². The van der Waals surface area contributed by atoms with Gasteiger partial charge in [0.1, 0.15) is 11.2 Å². The monoisotopic (exact) mass is 760 g/mol. The molecular weight excluding hydrogens is 725 g/mol. The average molecular weight is 761 g/mol. The maximum Gasteiger partial charge on any atom is 0.138 e. The highest BCUT2D eigenvalue weighted by Crippen LogP contribution is 2.47. The number of benzene rings is 9. The van der Waals surface area contributed by atoms with Crippen LogP contribution in [0.1, 0.15) is 0 Å². The summed E-state index contributed by atoms with van der Waals surface area (Å²) in [6.45, 7) is 0. The second-order valence-electron chi connectivity index (χ2n) is 14.6. The van der Waals surface area contributed by atoms with Crippen LogP contribution in [0.15, 0.2) is 223 Å². The first-order chi connectivity index (χ1) is 28.7. The van der Waals surface area contributed by atoms with Crippen LogP contribution < -0.4 is 9.80 Å². The number of fused-ring (bicyclic) bond motifs is 6. The molecule has 274 valence electrons. The van der Waals surface area contributed by atoms with Crippen LogP contribution in [0.5, 0.6) is 0 Å². The molecule has 58 heavy (non-hydrogen) atoms. The second kappa shape index (κ2) is 14.3. The van der Waals surface area contributed by atoms with Crippen molar-refractivity contribution in [2.45, 2.75) is 0 Å². The predicted molar refractivity (Wildman–Crippen MR) is 247 cm³/mol. The van der Waals surface area contributed by atoms with E-state index in [2.05, 4.69) is 228 Å². The van der Waals surface area contributed by atoms with E-state index in [1.54, 1.807) is 0 Å². The third-order valence-electron chi connectivity index (χ3n) is 11.0. The molecule has 0 bridgehead atoms. The molecule has 2 aromatic heterocycles. The van der Waals surface area contributed by atoms with E-state index in [1.807, 2.05) is 11.3 Å². The summed E-state index contributed by atoms with van der Waals surface area (Å²) < 4.78 is 9.45. The minimum absolute atomic E-state index is 0.834. The minimum Gasteiger partial charge on any atom is -0.456 e. The highest BCUT2D eigenvalue weighted by molar-refractivity contribution is 7.25. The number of thiophene rings is 1. The van der Waals surface area contributed by atoms with Crippen LogP contribution in [0, 0.1) is 0 Å². The molecule has 0 aliphatic rings. The Balaban J connectivity index is 1.15. The van der Waals surface area contributed by atoms with Gasteiger partial charge in [-0.1, -0.05) is 127 Å². The Morgan fingerprint density at radius 2 is 0.845 bits per heavy atom. The molecule has 0 atom stereocenters. The van der Waals surface area contributed by atoms with Crippen LogP contribution in [-0.2, 0) is 0 Å². The Morgan fingerprint density at radius 1 is 0.310 bits per heavy atom. The first kappa shape index (κ1) is 33.9. The van der Waals surface area contributed by atoms with Crippen molar-refractivity contribution in [2.75, 3.05) is 9.80 Å². The number of anilines is 6. The Kier molecular flexibility index (Phi) is 8.34. The van der Waals surface area contributed by atoms with E-state index in [9.17, 15) is 0 Å². The van der Waals surface area contributed by atoms with Crippen LogP contribution >= 0.6 is 11.3 Å². The SMILES string of the molecule is c1ccc(-c2cccc(N(c3cc(-c4ccccc4)c4c(c3)oc3ccc(N(c5ccccc5)c5ccccc5)cc34)c3ccc4sc5ccccc5c4c3)c2)cc1. The fourth-order valence-electron chi connectivity index (χ4n) is 8.35. The van der Waals surface area contributed by atoms with Crippen LogP contribution in [-0.4, -0.2) is 0 Å². The third-order valence-corrected chi connectivity index (χ3v) is 12.2. The van der Waals surface area contributed by atoms with Gasteiger partial charge < -0.3 is 14.2 Å². The van der Waals surface area contributed by atoms with Crippen LogP contribution in [0.3, 0.4) is 0 Å². The molecular formula is C54H36N2OS. The van der Waals surface area contributed by atoms with Gasteiger partial charge in [-0.2, -0.15) is 0 Å². The van der Waals surface area contributed by atoms with E-state index in [0.29, 0.717) is 0 Å². The summed E-state index contributed by atoms with van der Waals surface area (Å²) in [4.78, 5) is 4.69. The third kappa shape index (κ3) is 5.99. The predicted octanol–water partition coefficient (Wildman–Crippen LogP) is 16.2. The molecule has 0 unspecified atom stereocenters. The van der Waals surface area contributed by atoms with Crippen molar-refractivity contribution in [1.82, 2.24) is 0 Å². The zero-order valence-electron chi connectivity index (χ0n) is 31.5. The van der Waals surface area contributed by atoms with E-state index in [-0.39, 0.29) is 0 Å². The number of furan rings is 1. The van der Waals surface area contributed by atoms with E-state index in [1.165, 1.54) is 25.7 Å². The van der Waals surface area contributed by atoms with Crippen molar-refractivity contribution in [3.8, 4) is 22.3 Å². The van der Waals surface area contributed by atoms with E-state index in [0.717, 1.165) is 72.8 Å². The van der Waals surface area contributed by atoms with Crippen molar-refractivity contribution in [1.29, 1.82) is 0 Å². The van der Waals surface area contributed by atoms with Gasteiger partial charge in [0.2, 0.25) is 0 Å². The highest BCUT2D eigenvalue weighted by Gasteiger charge is 2.22. The average Bonchev–Trinajstić information content (AvgIpc) is 3.86. The van der Waals surface area contributed by atoms with Gasteiger partial charge in [0.15, 0.2) is 0 Å². The van der Waals surface area contributed by atoms with E-state index in [4.69, 9.17) is 4.42 Å². The normalized spacial score (nSPS) is 11.4. The van der Waals surface area contributed by atoms with Crippen LogP contribution in [0.25, 0.3) is 64.4 Å². The zero-order chi connectivity index (χ0) is 38.4. The van der Waals surface area contributed by atoms with Gasteiger partial charge in [0.05, 0.1) is 5.69 Å². The molecule has 9 aromatic carbocycles. The van der Waals surface area contributed by atoms with Gasteiger partial charge >= 0.3 is 0 Å². The standard InChI is InChI=1S/C54H36N2OS/c1-5-16-37(17-6-1)39-20-15-25-42(32-39)56(44-29-31-53-48(33-44)46-26-13-14-27-52(46)58-53)45-35-47(38-18-7-2-8-19-38)54-49-34-43(28-30-50(49)57-51(54)36-45)55(40-21-9-3-10-22-40)41-23-11-4-12-24-41/h1-36H.